The van der Waals surface area contributed by atoms with Crippen molar-refractivity contribution in [3.8, 4) is 5.75 Å². The highest BCUT2D eigenvalue weighted by Crippen LogP contribution is 2.30. The van der Waals surface area contributed by atoms with Crippen LogP contribution < -0.4 is 26.8 Å². The van der Waals surface area contributed by atoms with Crippen molar-refractivity contribution in [2.45, 2.75) is 12.5 Å². The second kappa shape index (κ2) is 11.0. The lowest BCUT2D eigenvalue weighted by molar-refractivity contribution is -0.137. The second-order valence-electron chi connectivity index (χ2n) is 6.37. The number of amides is 2. The standard InChI is InChI=1S/C20H22BrN5O5/c1-31-16-6-5-12(21)8-14(16)15(9-18(28)29)26-17(27)10-24-19(30)11-3-2-4-13(7-11)25-20(22)23/h2-8,15H,9-10H2,1H3,(H,24,30)(H,26,27)(H,28,29)(H4,22,23,25). The van der Waals surface area contributed by atoms with Gasteiger partial charge in [-0.1, -0.05) is 22.0 Å². The van der Waals surface area contributed by atoms with E-state index in [-0.39, 0.29) is 24.5 Å². The average molecular weight is 492 g/mol. The number of carboxylic acid groups (broad SMARTS) is 1. The fraction of sp³-hybridized carbons (Fsp3) is 0.200. The minimum atomic E-state index is -1.10. The molecule has 0 spiro atoms. The highest BCUT2D eigenvalue weighted by Gasteiger charge is 2.22. The Bertz CT molecular complexity index is 1010. The molecule has 0 aliphatic heterocycles. The van der Waals surface area contributed by atoms with Crippen LogP contribution in [0.4, 0.5) is 5.69 Å². The maximum absolute atomic E-state index is 12.4. The zero-order chi connectivity index (χ0) is 23.0. The normalized spacial score (nSPS) is 11.2. The number of carbonyl (C=O) groups is 3. The van der Waals surface area contributed by atoms with E-state index < -0.39 is 23.8 Å². The lowest BCUT2D eigenvalue weighted by Gasteiger charge is -2.20. The zero-order valence-corrected chi connectivity index (χ0v) is 18.2. The molecule has 10 nitrogen and oxygen atoms in total. The summed E-state index contributed by atoms with van der Waals surface area (Å²) < 4.78 is 5.97. The largest absolute Gasteiger partial charge is 0.496 e. The summed E-state index contributed by atoms with van der Waals surface area (Å²) in [6.45, 7) is -0.363. The molecule has 164 valence electrons. The quantitative estimate of drug-likeness (QED) is 0.260. The zero-order valence-electron chi connectivity index (χ0n) is 16.6. The molecule has 2 aromatic rings. The van der Waals surface area contributed by atoms with Crippen LogP contribution >= 0.6 is 15.9 Å². The molecule has 1 atom stereocenters. The molecule has 31 heavy (non-hydrogen) atoms. The molecule has 7 N–H and O–H groups in total. The van der Waals surface area contributed by atoms with E-state index in [4.69, 9.17) is 16.2 Å². The van der Waals surface area contributed by atoms with Gasteiger partial charge in [0.15, 0.2) is 5.96 Å². The Balaban J connectivity index is 2.08. The first kappa shape index (κ1) is 23.7. The number of benzene rings is 2. The average Bonchev–Trinajstić information content (AvgIpc) is 2.71. The van der Waals surface area contributed by atoms with E-state index in [0.717, 1.165) is 0 Å². The molecule has 0 bridgehead atoms. The molecule has 0 radical (unpaired) electrons. The van der Waals surface area contributed by atoms with Crippen molar-refractivity contribution in [1.82, 2.24) is 10.6 Å². The van der Waals surface area contributed by atoms with Crippen molar-refractivity contribution in [2.75, 3.05) is 13.7 Å². The number of methoxy groups -OCH3 is 1. The van der Waals surface area contributed by atoms with Crippen LogP contribution in [0.5, 0.6) is 5.75 Å². The van der Waals surface area contributed by atoms with Crippen LogP contribution in [0.2, 0.25) is 0 Å². The van der Waals surface area contributed by atoms with Crippen molar-refractivity contribution in [2.24, 2.45) is 16.5 Å². The van der Waals surface area contributed by atoms with Crippen molar-refractivity contribution in [3.63, 3.8) is 0 Å². The maximum atomic E-state index is 12.4. The van der Waals surface area contributed by atoms with Crippen molar-refractivity contribution in [1.29, 1.82) is 0 Å². The number of ether oxygens (including phenoxy) is 1. The number of nitrogens with zero attached hydrogens (tertiary/aromatic N) is 1. The van der Waals surface area contributed by atoms with Crippen LogP contribution in [0.3, 0.4) is 0 Å². The minimum Gasteiger partial charge on any atom is -0.496 e. The van der Waals surface area contributed by atoms with Crippen molar-refractivity contribution < 1.29 is 24.2 Å². The summed E-state index contributed by atoms with van der Waals surface area (Å²) in [5.41, 5.74) is 11.8. The summed E-state index contributed by atoms with van der Waals surface area (Å²) in [6, 6.07) is 10.4. The van der Waals surface area contributed by atoms with Crippen LogP contribution in [0.1, 0.15) is 28.4 Å². The lowest BCUT2D eigenvalue weighted by Crippen LogP contribution is -2.39. The minimum absolute atomic E-state index is 0.149. The molecule has 2 rings (SSSR count). The third-order valence-electron chi connectivity index (χ3n) is 4.06. The van der Waals surface area contributed by atoms with Gasteiger partial charge in [-0.15, -0.1) is 0 Å². The van der Waals surface area contributed by atoms with E-state index in [1.807, 2.05) is 0 Å². The summed E-state index contributed by atoms with van der Waals surface area (Å²) in [5.74, 6) is -1.91. The van der Waals surface area contributed by atoms with Gasteiger partial charge in [0, 0.05) is 15.6 Å². The van der Waals surface area contributed by atoms with E-state index >= 15 is 0 Å². The number of halogens is 1. The number of rotatable bonds is 9. The number of carboxylic acids is 1. The fourth-order valence-electron chi connectivity index (χ4n) is 2.76. The summed E-state index contributed by atoms with van der Waals surface area (Å²) in [6.07, 6.45) is -0.368. The molecule has 0 aliphatic rings. The third kappa shape index (κ3) is 7.30. The molecular weight excluding hydrogens is 470 g/mol. The smallest absolute Gasteiger partial charge is 0.305 e. The predicted octanol–water partition coefficient (Wildman–Crippen LogP) is 1.42. The molecule has 0 saturated heterocycles. The Hall–Kier alpha value is -3.60. The Morgan fingerprint density at radius 2 is 1.94 bits per heavy atom. The summed E-state index contributed by atoms with van der Waals surface area (Å²) >= 11 is 3.32. The maximum Gasteiger partial charge on any atom is 0.305 e. The first-order valence-electron chi connectivity index (χ1n) is 9.02. The molecule has 2 amide bonds. The number of hydrogen-bond acceptors (Lipinski definition) is 5. The molecular formula is C20H22BrN5O5. The van der Waals surface area contributed by atoms with Gasteiger partial charge in [0.05, 0.1) is 31.8 Å². The Kier molecular flexibility index (Phi) is 8.38. The van der Waals surface area contributed by atoms with E-state index in [1.54, 1.807) is 36.4 Å². The number of aliphatic carboxylic acids is 1. The highest BCUT2D eigenvalue weighted by atomic mass is 79.9. The van der Waals surface area contributed by atoms with Crippen LogP contribution in [0, 0.1) is 0 Å². The van der Waals surface area contributed by atoms with Crippen molar-refractivity contribution >= 4 is 45.4 Å². The molecule has 0 heterocycles. The van der Waals surface area contributed by atoms with Crippen LogP contribution in [-0.2, 0) is 9.59 Å². The van der Waals surface area contributed by atoms with Gasteiger partial charge in [-0.2, -0.15) is 0 Å². The number of guanidine groups is 1. The third-order valence-corrected chi connectivity index (χ3v) is 4.55. The number of nitrogens with two attached hydrogens (primary N) is 2. The van der Waals surface area contributed by atoms with Gasteiger partial charge in [-0.3, -0.25) is 14.4 Å². The Morgan fingerprint density at radius 3 is 2.58 bits per heavy atom. The molecule has 2 aromatic carbocycles. The highest BCUT2D eigenvalue weighted by molar-refractivity contribution is 9.10. The van der Waals surface area contributed by atoms with Gasteiger partial charge in [0.1, 0.15) is 5.75 Å². The SMILES string of the molecule is COc1ccc(Br)cc1C(CC(=O)O)NC(=O)CNC(=O)c1cccc(N=C(N)N)c1. The van der Waals surface area contributed by atoms with E-state index in [2.05, 4.69) is 31.6 Å². The summed E-state index contributed by atoms with van der Waals surface area (Å²) in [7, 11) is 1.45. The van der Waals surface area contributed by atoms with Gasteiger partial charge in [-0.25, -0.2) is 4.99 Å². The Labute approximate surface area is 186 Å². The lowest BCUT2D eigenvalue weighted by atomic mass is 10.0. The number of aliphatic imine (C=N–C) groups is 1. The number of carbonyl (C=O) groups excluding carboxylic acids is 2. The van der Waals surface area contributed by atoms with Gasteiger partial charge in [-0.05, 0) is 36.4 Å². The molecule has 0 aliphatic carbocycles. The number of hydrogen-bond donors (Lipinski definition) is 5. The first-order valence-corrected chi connectivity index (χ1v) is 9.81. The van der Waals surface area contributed by atoms with Gasteiger partial charge >= 0.3 is 5.97 Å². The molecule has 1 unspecified atom stereocenters. The fourth-order valence-corrected chi connectivity index (χ4v) is 3.14. The Morgan fingerprint density at radius 1 is 1.19 bits per heavy atom. The van der Waals surface area contributed by atoms with E-state index in [9.17, 15) is 19.5 Å². The van der Waals surface area contributed by atoms with Crippen LogP contribution in [0.15, 0.2) is 51.9 Å². The molecule has 11 heteroatoms. The van der Waals surface area contributed by atoms with Crippen molar-refractivity contribution in [3.05, 3.63) is 58.1 Å². The number of nitrogens with one attached hydrogen (secondary N) is 2. The first-order chi connectivity index (χ1) is 14.7. The van der Waals surface area contributed by atoms with E-state index in [0.29, 0.717) is 21.5 Å². The monoisotopic (exact) mass is 491 g/mol. The van der Waals surface area contributed by atoms with Gasteiger partial charge < -0.3 is 31.9 Å². The van der Waals surface area contributed by atoms with Crippen LogP contribution in [0.25, 0.3) is 0 Å². The molecule has 0 saturated carbocycles. The summed E-state index contributed by atoms with van der Waals surface area (Å²) in [5, 5.41) is 14.3. The molecule has 0 aromatic heterocycles. The van der Waals surface area contributed by atoms with E-state index in [1.165, 1.54) is 13.2 Å². The topological polar surface area (TPSA) is 169 Å². The van der Waals surface area contributed by atoms with Gasteiger partial charge in [0.25, 0.3) is 5.91 Å². The second-order valence-corrected chi connectivity index (χ2v) is 7.29. The predicted molar refractivity (Wildman–Crippen MR) is 118 cm³/mol. The molecule has 0 fully saturated rings. The summed E-state index contributed by atoms with van der Waals surface area (Å²) in [4.78, 5) is 39.9. The van der Waals surface area contributed by atoms with Crippen LogP contribution in [-0.4, -0.2) is 42.5 Å². The van der Waals surface area contributed by atoms with Gasteiger partial charge in [0.2, 0.25) is 5.91 Å².